The van der Waals surface area contributed by atoms with Gasteiger partial charge in [-0.05, 0) is 32.3 Å². The maximum Gasteiger partial charge on any atom is 0.224 e. The van der Waals surface area contributed by atoms with E-state index in [0.29, 0.717) is 12.8 Å². The minimum absolute atomic E-state index is 0.0885. The molecule has 0 saturated heterocycles. The van der Waals surface area contributed by atoms with Crippen LogP contribution in [0.25, 0.3) is 0 Å². The van der Waals surface area contributed by atoms with Gasteiger partial charge in [0, 0.05) is 25.4 Å². The molecule has 146 valence electrons. The number of benzene rings is 1. The Morgan fingerprint density at radius 1 is 1.19 bits per heavy atom. The van der Waals surface area contributed by atoms with Gasteiger partial charge in [0.15, 0.2) is 0 Å². The molecule has 7 heteroatoms. The first-order valence-corrected chi connectivity index (χ1v) is 10.7. The molecule has 0 aliphatic heterocycles. The van der Waals surface area contributed by atoms with E-state index in [0.717, 1.165) is 11.8 Å². The van der Waals surface area contributed by atoms with E-state index >= 15 is 0 Å². The van der Waals surface area contributed by atoms with E-state index < -0.39 is 15.9 Å². The van der Waals surface area contributed by atoms with Crippen LogP contribution in [0.1, 0.15) is 51.6 Å². The largest absolute Gasteiger partial charge is 0.349 e. The zero-order valence-electron chi connectivity index (χ0n) is 16.2. The molecule has 0 radical (unpaired) electrons. The highest BCUT2D eigenvalue weighted by molar-refractivity contribution is 7.88. The van der Waals surface area contributed by atoms with E-state index in [1.54, 1.807) is 0 Å². The number of ketones is 1. The van der Waals surface area contributed by atoms with Crippen LogP contribution in [0.3, 0.4) is 0 Å². The molecule has 0 saturated carbocycles. The van der Waals surface area contributed by atoms with Gasteiger partial charge in [-0.25, -0.2) is 12.7 Å². The number of carbonyl (C=O) groups is 2. The topological polar surface area (TPSA) is 83.6 Å². The molecule has 0 bridgehead atoms. The fourth-order valence-electron chi connectivity index (χ4n) is 2.96. The molecule has 0 unspecified atom stereocenters. The van der Waals surface area contributed by atoms with Crippen LogP contribution >= 0.6 is 0 Å². The molecule has 0 aromatic heterocycles. The van der Waals surface area contributed by atoms with E-state index in [-0.39, 0.29) is 30.2 Å². The smallest absolute Gasteiger partial charge is 0.224 e. The SMILES string of the molecule is CC[C@@H](C[C@H](CC(C)=O)C(=O)N[C@H](C)c1ccccc1)N(C)S(C)(=O)=O. The second-order valence-corrected chi connectivity index (χ2v) is 8.86. The summed E-state index contributed by atoms with van der Waals surface area (Å²) in [6.07, 6.45) is 2.13. The van der Waals surface area contributed by atoms with Crippen LogP contribution in [-0.2, 0) is 19.6 Å². The molecule has 3 atom stereocenters. The summed E-state index contributed by atoms with van der Waals surface area (Å²) in [5.41, 5.74) is 0.975. The van der Waals surface area contributed by atoms with Crippen molar-refractivity contribution in [1.29, 1.82) is 0 Å². The molecule has 0 aliphatic rings. The fraction of sp³-hybridized carbons (Fsp3) is 0.579. The van der Waals surface area contributed by atoms with Crippen molar-refractivity contribution in [1.82, 2.24) is 9.62 Å². The van der Waals surface area contributed by atoms with Gasteiger partial charge in [-0.1, -0.05) is 37.3 Å². The van der Waals surface area contributed by atoms with Crippen LogP contribution in [0.15, 0.2) is 30.3 Å². The third kappa shape index (κ3) is 6.88. The fourth-order valence-corrected chi connectivity index (χ4v) is 3.73. The second-order valence-electron chi connectivity index (χ2n) is 6.82. The molecule has 26 heavy (non-hydrogen) atoms. The Labute approximate surface area is 157 Å². The molecule has 1 aromatic carbocycles. The van der Waals surface area contributed by atoms with Gasteiger partial charge in [-0.3, -0.25) is 4.79 Å². The third-order valence-corrected chi connectivity index (χ3v) is 5.97. The van der Waals surface area contributed by atoms with Crippen molar-refractivity contribution in [3.63, 3.8) is 0 Å². The third-order valence-electron chi connectivity index (χ3n) is 4.63. The Morgan fingerprint density at radius 2 is 1.77 bits per heavy atom. The van der Waals surface area contributed by atoms with Gasteiger partial charge in [0.1, 0.15) is 5.78 Å². The van der Waals surface area contributed by atoms with Gasteiger partial charge in [-0.2, -0.15) is 0 Å². The summed E-state index contributed by atoms with van der Waals surface area (Å²) in [7, 11) is -1.85. The predicted molar refractivity (Wildman–Crippen MR) is 103 cm³/mol. The molecular formula is C19H30N2O4S. The summed E-state index contributed by atoms with van der Waals surface area (Å²) in [5.74, 6) is -0.876. The summed E-state index contributed by atoms with van der Waals surface area (Å²) >= 11 is 0. The minimum Gasteiger partial charge on any atom is -0.349 e. The molecule has 1 rings (SSSR count). The average molecular weight is 383 g/mol. The molecular weight excluding hydrogens is 352 g/mol. The van der Waals surface area contributed by atoms with Crippen LogP contribution in [0.5, 0.6) is 0 Å². The Morgan fingerprint density at radius 3 is 2.23 bits per heavy atom. The minimum atomic E-state index is -3.36. The molecule has 0 spiro atoms. The molecule has 1 amide bonds. The maximum atomic E-state index is 12.8. The Kier molecular flexibility index (Phi) is 8.43. The van der Waals surface area contributed by atoms with Crippen LogP contribution in [-0.4, -0.2) is 43.8 Å². The lowest BCUT2D eigenvalue weighted by Gasteiger charge is -2.29. The highest BCUT2D eigenvalue weighted by atomic mass is 32.2. The molecule has 0 aliphatic carbocycles. The number of carbonyl (C=O) groups excluding carboxylic acids is 2. The average Bonchev–Trinajstić information content (AvgIpc) is 2.57. The number of Topliss-reactive ketones (excluding diaryl/α,β-unsaturated/α-hetero) is 1. The van der Waals surface area contributed by atoms with Crippen molar-refractivity contribution in [2.24, 2.45) is 5.92 Å². The van der Waals surface area contributed by atoms with E-state index in [4.69, 9.17) is 0 Å². The Hall–Kier alpha value is -1.73. The van der Waals surface area contributed by atoms with Crippen LogP contribution in [0.4, 0.5) is 0 Å². The van der Waals surface area contributed by atoms with Crippen LogP contribution in [0, 0.1) is 5.92 Å². The lowest BCUT2D eigenvalue weighted by Crippen LogP contribution is -2.41. The molecule has 0 fully saturated rings. The summed E-state index contributed by atoms with van der Waals surface area (Å²) in [5, 5.41) is 2.95. The molecule has 1 N–H and O–H groups in total. The first-order chi connectivity index (χ1) is 12.1. The quantitative estimate of drug-likeness (QED) is 0.674. The highest BCUT2D eigenvalue weighted by Gasteiger charge is 2.29. The maximum absolute atomic E-state index is 12.8. The summed E-state index contributed by atoms with van der Waals surface area (Å²) in [6.45, 7) is 5.21. The number of amides is 1. The first-order valence-electron chi connectivity index (χ1n) is 8.84. The second kappa shape index (κ2) is 9.83. The monoisotopic (exact) mass is 382 g/mol. The number of hydrogen-bond donors (Lipinski definition) is 1. The van der Waals surface area contributed by atoms with Crippen molar-refractivity contribution in [3.8, 4) is 0 Å². The van der Waals surface area contributed by atoms with Gasteiger partial charge >= 0.3 is 0 Å². The zero-order chi connectivity index (χ0) is 19.9. The Balaban J connectivity index is 2.90. The number of hydrogen-bond acceptors (Lipinski definition) is 4. The van der Waals surface area contributed by atoms with Gasteiger partial charge in [0.2, 0.25) is 15.9 Å². The first kappa shape index (κ1) is 22.3. The lowest BCUT2D eigenvalue weighted by atomic mass is 9.92. The van der Waals surface area contributed by atoms with E-state index in [2.05, 4.69) is 5.32 Å². The van der Waals surface area contributed by atoms with Crippen molar-refractivity contribution in [3.05, 3.63) is 35.9 Å². The van der Waals surface area contributed by atoms with Gasteiger partial charge in [-0.15, -0.1) is 0 Å². The van der Waals surface area contributed by atoms with Crippen molar-refractivity contribution in [2.75, 3.05) is 13.3 Å². The van der Waals surface area contributed by atoms with Gasteiger partial charge < -0.3 is 10.1 Å². The van der Waals surface area contributed by atoms with E-state index in [1.807, 2.05) is 44.2 Å². The zero-order valence-corrected chi connectivity index (χ0v) is 17.0. The summed E-state index contributed by atoms with van der Waals surface area (Å²) < 4.78 is 24.9. The molecule has 1 aromatic rings. The standard InChI is InChI=1S/C19H30N2O4S/c1-6-18(21(4)26(5,24)25)13-17(12-14(2)22)19(23)20-15(3)16-10-8-7-9-11-16/h7-11,15,17-18H,6,12-13H2,1-5H3,(H,20,23)/t15-,17+,18+/m1/s1. The van der Waals surface area contributed by atoms with Crippen molar-refractivity contribution < 1.29 is 18.0 Å². The van der Waals surface area contributed by atoms with Crippen LogP contribution < -0.4 is 5.32 Å². The normalized spacial score (nSPS) is 15.3. The lowest BCUT2D eigenvalue weighted by molar-refractivity contribution is -0.130. The van der Waals surface area contributed by atoms with Gasteiger partial charge in [0.05, 0.1) is 12.3 Å². The molecule has 0 heterocycles. The highest BCUT2D eigenvalue weighted by Crippen LogP contribution is 2.21. The number of sulfonamides is 1. The van der Waals surface area contributed by atoms with E-state index in [1.165, 1.54) is 18.3 Å². The molecule has 6 nitrogen and oxygen atoms in total. The summed E-state index contributed by atoms with van der Waals surface area (Å²) in [4.78, 5) is 24.4. The van der Waals surface area contributed by atoms with Gasteiger partial charge in [0.25, 0.3) is 0 Å². The predicted octanol–water partition coefficient (Wildman–Crippen LogP) is 2.52. The summed E-state index contributed by atoms with van der Waals surface area (Å²) in [6, 6.07) is 9.05. The van der Waals surface area contributed by atoms with Crippen LogP contribution in [0.2, 0.25) is 0 Å². The van der Waals surface area contributed by atoms with Crippen molar-refractivity contribution in [2.45, 2.75) is 52.1 Å². The number of rotatable bonds is 10. The number of nitrogens with zero attached hydrogens (tertiary/aromatic N) is 1. The Bertz CT molecular complexity index is 704. The van der Waals surface area contributed by atoms with E-state index in [9.17, 15) is 18.0 Å². The number of nitrogens with one attached hydrogen (secondary N) is 1. The van der Waals surface area contributed by atoms with Crippen molar-refractivity contribution >= 4 is 21.7 Å².